The van der Waals surface area contributed by atoms with Gasteiger partial charge in [0.15, 0.2) is 0 Å². The van der Waals surface area contributed by atoms with Crippen LogP contribution < -0.4 is 10.0 Å². The van der Waals surface area contributed by atoms with Gasteiger partial charge in [-0.05, 0) is 62.4 Å². The number of carbonyl (C=O) groups excluding carboxylic acids is 1. The Balaban J connectivity index is 2.11. The van der Waals surface area contributed by atoms with Gasteiger partial charge in [0.2, 0.25) is 10.0 Å². The number of nitrogens with one attached hydrogen (secondary N) is 2. The Morgan fingerprint density at radius 1 is 1.00 bits per heavy atom. The smallest absolute Gasteiger partial charge is 0.255 e. The van der Waals surface area contributed by atoms with E-state index in [9.17, 15) is 13.2 Å². The van der Waals surface area contributed by atoms with Crippen LogP contribution in [0.15, 0.2) is 57.9 Å². The lowest BCUT2D eigenvalue weighted by Crippen LogP contribution is -2.30. The summed E-state index contributed by atoms with van der Waals surface area (Å²) in [4.78, 5) is 12.3. The van der Waals surface area contributed by atoms with Crippen LogP contribution >= 0.6 is 15.9 Å². The fourth-order valence-electron chi connectivity index (χ4n) is 1.90. The van der Waals surface area contributed by atoms with Gasteiger partial charge in [0.05, 0.1) is 4.90 Å². The average Bonchev–Trinajstić information content (AvgIpc) is 2.47. The van der Waals surface area contributed by atoms with E-state index >= 15 is 0 Å². The van der Waals surface area contributed by atoms with E-state index in [2.05, 4.69) is 26.0 Å². The Morgan fingerprint density at radius 2 is 1.57 bits per heavy atom. The standard InChI is InChI=1S/C16H17BrN2O3S/c1-11(2)19-23(21,22)15-9-7-14(8-10-15)18-16(20)12-3-5-13(17)6-4-12/h3-11,19H,1-2H3,(H,18,20). The zero-order chi connectivity index (χ0) is 17.0. The molecule has 7 heteroatoms. The second-order valence-electron chi connectivity index (χ2n) is 5.26. The quantitative estimate of drug-likeness (QED) is 0.812. The molecule has 0 saturated heterocycles. The van der Waals surface area contributed by atoms with Crippen molar-refractivity contribution in [2.75, 3.05) is 5.32 Å². The van der Waals surface area contributed by atoms with E-state index in [4.69, 9.17) is 0 Å². The molecule has 2 aromatic carbocycles. The molecule has 23 heavy (non-hydrogen) atoms. The summed E-state index contributed by atoms with van der Waals surface area (Å²) < 4.78 is 27.5. The van der Waals surface area contributed by atoms with E-state index < -0.39 is 10.0 Å². The Kier molecular flexibility index (Phi) is 5.56. The normalized spacial score (nSPS) is 11.5. The van der Waals surface area contributed by atoms with Gasteiger partial charge >= 0.3 is 0 Å². The Hall–Kier alpha value is -1.70. The Morgan fingerprint density at radius 3 is 2.09 bits per heavy atom. The second-order valence-corrected chi connectivity index (χ2v) is 7.89. The molecular formula is C16H17BrN2O3S. The number of hydrogen-bond donors (Lipinski definition) is 2. The Labute approximate surface area is 144 Å². The molecule has 0 aliphatic heterocycles. The van der Waals surface area contributed by atoms with Gasteiger partial charge < -0.3 is 5.32 Å². The maximum absolute atomic E-state index is 12.1. The van der Waals surface area contributed by atoms with Crippen molar-refractivity contribution in [1.82, 2.24) is 4.72 Å². The number of amides is 1. The van der Waals surface area contributed by atoms with E-state index in [-0.39, 0.29) is 16.8 Å². The third-order valence-corrected chi connectivity index (χ3v) is 5.12. The fraction of sp³-hybridized carbons (Fsp3) is 0.188. The third-order valence-electron chi connectivity index (χ3n) is 2.92. The minimum Gasteiger partial charge on any atom is -0.322 e. The summed E-state index contributed by atoms with van der Waals surface area (Å²) >= 11 is 3.31. The van der Waals surface area contributed by atoms with Gasteiger partial charge in [-0.1, -0.05) is 15.9 Å². The van der Waals surface area contributed by atoms with Crippen molar-refractivity contribution < 1.29 is 13.2 Å². The van der Waals surface area contributed by atoms with Crippen LogP contribution in [0, 0.1) is 0 Å². The predicted molar refractivity (Wildman–Crippen MR) is 94.0 cm³/mol. The lowest BCUT2D eigenvalue weighted by Gasteiger charge is -2.10. The molecule has 0 fully saturated rings. The first-order valence-electron chi connectivity index (χ1n) is 6.97. The van der Waals surface area contributed by atoms with Gasteiger partial charge in [0, 0.05) is 21.8 Å². The highest BCUT2D eigenvalue weighted by Crippen LogP contribution is 2.16. The van der Waals surface area contributed by atoms with Crippen molar-refractivity contribution in [2.24, 2.45) is 0 Å². The van der Waals surface area contributed by atoms with E-state index in [1.807, 2.05) is 0 Å². The van der Waals surface area contributed by atoms with Crippen LogP contribution in [0.3, 0.4) is 0 Å². The molecule has 0 bridgehead atoms. The van der Waals surface area contributed by atoms with Crippen LogP contribution in [-0.2, 0) is 10.0 Å². The molecule has 122 valence electrons. The number of halogens is 1. The van der Waals surface area contributed by atoms with Crippen molar-refractivity contribution in [2.45, 2.75) is 24.8 Å². The molecule has 5 nitrogen and oxygen atoms in total. The Bertz CT molecular complexity index is 785. The second kappa shape index (κ2) is 7.25. The number of anilines is 1. The lowest BCUT2D eigenvalue weighted by molar-refractivity contribution is 0.102. The lowest BCUT2D eigenvalue weighted by atomic mass is 10.2. The average molecular weight is 397 g/mol. The van der Waals surface area contributed by atoms with Crippen LogP contribution in [0.5, 0.6) is 0 Å². The summed E-state index contributed by atoms with van der Waals surface area (Å²) in [6.45, 7) is 3.51. The van der Waals surface area contributed by atoms with Crippen molar-refractivity contribution in [3.05, 3.63) is 58.6 Å². The van der Waals surface area contributed by atoms with Gasteiger partial charge in [0.1, 0.15) is 0 Å². The number of hydrogen-bond acceptors (Lipinski definition) is 3. The summed E-state index contributed by atoms with van der Waals surface area (Å²) in [6, 6.07) is 12.8. The summed E-state index contributed by atoms with van der Waals surface area (Å²) in [5.41, 5.74) is 1.05. The molecule has 0 atom stereocenters. The number of carbonyl (C=O) groups is 1. The minimum absolute atomic E-state index is 0.160. The van der Waals surface area contributed by atoms with Crippen molar-refractivity contribution in [3.63, 3.8) is 0 Å². The highest BCUT2D eigenvalue weighted by molar-refractivity contribution is 9.10. The molecule has 0 aliphatic rings. The van der Waals surface area contributed by atoms with Crippen LogP contribution in [-0.4, -0.2) is 20.4 Å². The van der Waals surface area contributed by atoms with Gasteiger partial charge in [-0.25, -0.2) is 13.1 Å². The van der Waals surface area contributed by atoms with E-state index in [1.165, 1.54) is 12.1 Å². The van der Waals surface area contributed by atoms with Crippen LogP contribution in [0.25, 0.3) is 0 Å². The topological polar surface area (TPSA) is 75.3 Å². The first-order chi connectivity index (χ1) is 10.8. The number of rotatable bonds is 5. The highest BCUT2D eigenvalue weighted by Gasteiger charge is 2.15. The zero-order valence-electron chi connectivity index (χ0n) is 12.7. The molecule has 2 N–H and O–H groups in total. The van der Waals surface area contributed by atoms with Crippen molar-refractivity contribution in [3.8, 4) is 0 Å². The summed E-state index contributed by atoms with van der Waals surface area (Å²) in [5, 5.41) is 2.73. The number of sulfonamides is 1. The highest BCUT2D eigenvalue weighted by atomic mass is 79.9. The maximum atomic E-state index is 12.1. The SMILES string of the molecule is CC(C)NS(=O)(=O)c1ccc(NC(=O)c2ccc(Br)cc2)cc1. The minimum atomic E-state index is -3.53. The molecule has 1 amide bonds. The molecule has 0 spiro atoms. The maximum Gasteiger partial charge on any atom is 0.255 e. The molecule has 0 aromatic heterocycles. The van der Waals surface area contributed by atoms with Gasteiger partial charge in [-0.3, -0.25) is 4.79 Å². The van der Waals surface area contributed by atoms with Gasteiger partial charge in [-0.15, -0.1) is 0 Å². The molecule has 2 rings (SSSR count). The zero-order valence-corrected chi connectivity index (χ0v) is 15.1. The van der Waals surface area contributed by atoms with E-state index in [0.29, 0.717) is 11.3 Å². The molecule has 0 radical (unpaired) electrons. The molecule has 0 unspecified atom stereocenters. The molecule has 0 heterocycles. The van der Waals surface area contributed by atoms with Crippen LogP contribution in [0.4, 0.5) is 5.69 Å². The first kappa shape index (κ1) is 17.7. The van der Waals surface area contributed by atoms with Gasteiger partial charge in [-0.2, -0.15) is 0 Å². The van der Waals surface area contributed by atoms with Crippen LogP contribution in [0.2, 0.25) is 0 Å². The predicted octanol–water partition coefficient (Wildman–Crippen LogP) is 3.39. The van der Waals surface area contributed by atoms with E-state index in [0.717, 1.165) is 4.47 Å². The molecule has 0 saturated carbocycles. The van der Waals surface area contributed by atoms with Gasteiger partial charge in [0.25, 0.3) is 5.91 Å². The monoisotopic (exact) mass is 396 g/mol. The van der Waals surface area contributed by atoms with Crippen molar-refractivity contribution in [1.29, 1.82) is 0 Å². The molecule has 0 aliphatic carbocycles. The molecular weight excluding hydrogens is 380 g/mol. The molecule has 2 aromatic rings. The third kappa shape index (κ3) is 4.89. The fourth-order valence-corrected chi connectivity index (χ4v) is 3.42. The van der Waals surface area contributed by atoms with E-state index in [1.54, 1.807) is 50.2 Å². The first-order valence-corrected chi connectivity index (χ1v) is 9.25. The number of benzene rings is 2. The van der Waals surface area contributed by atoms with Crippen LogP contribution in [0.1, 0.15) is 24.2 Å². The summed E-state index contributed by atoms with van der Waals surface area (Å²) in [7, 11) is -3.53. The summed E-state index contributed by atoms with van der Waals surface area (Å²) in [5.74, 6) is -0.256. The van der Waals surface area contributed by atoms with Crippen molar-refractivity contribution >= 4 is 37.5 Å². The largest absolute Gasteiger partial charge is 0.322 e. The summed E-state index contributed by atoms with van der Waals surface area (Å²) in [6.07, 6.45) is 0.